The molecule has 1 fully saturated rings. The van der Waals surface area contributed by atoms with Gasteiger partial charge in [0.1, 0.15) is 0 Å². The summed E-state index contributed by atoms with van der Waals surface area (Å²) in [6, 6.07) is 11.0. The molecular weight excluding hydrogens is 436 g/mol. The van der Waals surface area contributed by atoms with Crippen LogP contribution in [0.5, 0.6) is 17.2 Å². The van der Waals surface area contributed by atoms with Gasteiger partial charge in [-0.2, -0.15) is 0 Å². The van der Waals surface area contributed by atoms with E-state index in [9.17, 15) is 9.59 Å². The number of hydrogen-bond acceptors (Lipinski definition) is 6. The molecule has 0 radical (unpaired) electrons. The van der Waals surface area contributed by atoms with Crippen LogP contribution in [-0.2, 0) is 11.3 Å². The number of pyridine rings is 1. The second-order valence-electron chi connectivity index (χ2n) is 8.45. The lowest BCUT2D eigenvalue weighted by atomic mass is 10.1. The molecule has 1 amide bonds. The number of hydrogen-bond donors (Lipinski definition) is 1. The third kappa shape index (κ3) is 4.87. The van der Waals surface area contributed by atoms with E-state index in [1.165, 1.54) is 21.3 Å². The van der Waals surface area contributed by atoms with E-state index in [0.29, 0.717) is 41.5 Å². The number of amides is 1. The number of aryl methyl sites for hydroxylation is 1. The Kier molecular flexibility index (Phi) is 7.07. The zero-order valence-electron chi connectivity index (χ0n) is 20.0. The maximum Gasteiger partial charge on any atom is 0.254 e. The van der Waals surface area contributed by atoms with E-state index >= 15 is 0 Å². The van der Waals surface area contributed by atoms with Gasteiger partial charge in [-0.1, -0.05) is 11.6 Å². The van der Waals surface area contributed by atoms with Crippen LogP contribution in [0.2, 0.25) is 0 Å². The lowest BCUT2D eigenvalue weighted by molar-refractivity contribution is 0.0506. The number of carbonyl (C=O) groups excluding carboxylic acids is 1. The first-order chi connectivity index (χ1) is 16.4. The van der Waals surface area contributed by atoms with Crippen LogP contribution < -0.4 is 19.8 Å². The van der Waals surface area contributed by atoms with Crippen LogP contribution in [0.4, 0.5) is 0 Å². The van der Waals surface area contributed by atoms with Crippen LogP contribution in [0.1, 0.15) is 34.3 Å². The van der Waals surface area contributed by atoms with E-state index in [4.69, 9.17) is 18.9 Å². The number of rotatable bonds is 8. The molecule has 0 unspecified atom stereocenters. The van der Waals surface area contributed by atoms with Gasteiger partial charge in [-0.3, -0.25) is 9.59 Å². The number of nitrogens with zero attached hydrogens (tertiary/aromatic N) is 1. The number of methoxy groups -OCH3 is 3. The summed E-state index contributed by atoms with van der Waals surface area (Å²) in [5.41, 5.74) is 2.53. The normalized spacial score (nSPS) is 15.4. The van der Waals surface area contributed by atoms with Crippen molar-refractivity contribution in [2.24, 2.45) is 0 Å². The van der Waals surface area contributed by atoms with Gasteiger partial charge < -0.3 is 28.8 Å². The van der Waals surface area contributed by atoms with E-state index in [-0.39, 0.29) is 24.1 Å². The zero-order valence-corrected chi connectivity index (χ0v) is 20.0. The molecule has 1 aliphatic rings. The summed E-state index contributed by atoms with van der Waals surface area (Å²) in [5, 5.41) is 0.923. The molecule has 0 spiro atoms. The predicted octanol–water partition coefficient (Wildman–Crippen LogP) is 3.68. The highest BCUT2D eigenvalue weighted by molar-refractivity contribution is 5.95. The Balaban J connectivity index is 1.72. The molecule has 2 aromatic carbocycles. The van der Waals surface area contributed by atoms with E-state index in [2.05, 4.69) is 4.98 Å². The summed E-state index contributed by atoms with van der Waals surface area (Å²) < 4.78 is 22.0. The Labute approximate surface area is 198 Å². The van der Waals surface area contributed by atoms with E-state index in [1.54, 1.807) is 17.0 Å². The third-order valence-corrected chi connectivity index (χ3v) is 6.08. The topological polar surface area (TPSA) is 90.1 Å². The van der Waals surface area contributed by atoms with Crippen molar-refractivity contribution in [2.75, 3.05) is 34.5 Å². The lowest BCUT2D eigenvalue weighted by Crippen LogP contribution is -2.38. The summed E-state index contributed by atoms with van der Waals surface area (Å²) in [4.78, 5) is 31.2. The molecule has 8 nitrogen and oxygen atoms in total. The first-order valence-corrected chi connectivity index (χ1v) is 11.3. The minimum absolute atomic E-state index is 0.0761. The average Bonchev–Trinajstić information content (AvgIpc) is 3.36. The lowest BCUT2D eigenvalue weighted by Gasteiger charge is -2.26. The fourth-order valence-corrected chi connectivity index (χ4v) is 4.33. The van der Waals surface area contributed by atoms with Gasteiger partial charge >= 0.3 is 0 Å². The predicted molar refractivity (Wildman–Crippen MR) is 129 cm³/mol. The average molecular weight is 467 g/mol. The van der Waals surface area contributed by atoms with Crippen molar-refractivity contribution < 1.29 is 23.7 Å². The Morgan fingerprint density at radius 2 is 1.82 bits per heavy atom. The number of aromatic nitrogens is 1. The number of fused-ring (bicyclic) bond motifs is 1. The second kappa shape index (κ2) is 10.2. The quantitative estimate of drug-likeness (QED) is 0.545. The molecule has 3 aromatic rings. The Bertz CT molecular complexity index is 1220. The van der Waals surface area contributed by atoms with E-state index < -0.39 is 0 Å². The molecule has 1 aromatic heterocycles. The monoisotopic (exact) mass is 466 g/mol. The molecule has 0 aliphatic carbocycles. The van der Waals surface area contributed by atoms with Gasteiger partial charge in [0.2, 0.25) is 5.75 Å². The van der Waals surface area contributed by atoms with Gasteiger partial charge in [0, 0.05) is 29.8 Å². The SMILES string of the molecule is COc1cc(C(=O)N(Cc2cc3cc(C)ccc3[nH]c2=O)C[C@H]2CCCO2)cc(OC)c1OC. The van der Waals surface area contributed by atoms with Crippen molar-refractivity contribution >= 4 is 16.8 Å². The third-order valence-electron chi connectivity index (χ3n) is 6.08. The van der Waals surface area contributed by atoms with Gasteiger partial charge in [0.15, 0.2) is 11.5 Å². The summed E-state index contributed by atoms with van der Waals surface area (Å²) in [5.74, 6) is 0.939. The van der Waals surface area contributed by atoms with Crippen molar-refractivity contribution in [3.05, 3.63) is 63.4 Å². The van der Waals surface area contributed by atoms with E-state index in [1.807, 2.05) is 31.2 Å². The molecule has 1 atom stereocenters. The molecule has 4 rings (SSSR count). The van der Waals surface area contributed by atoms with E-state index in [0.717, 1.165) is 29.3 Å². The van der Waals surface area contributed by atoms with Crippen LogP contribution in [0, 0.1) is 6.92 Å². The highest BCUT2D eigenvalue weighted by Gasteiger charge is 2.26. The molecule has 180 valence electrons. The van der Waals surface area contributed by atoms with Crippen LogP contribution in [0.25, 0.3) is 10.9 Å². The molecule has 0 bridgehead atoms. The van der Waals surface area contributed by atoms with Gasteiger partial charge in [-0.05, 0) is 55.5 Å². The summed E-state index contributed by atoms with van der Waals surface area (Å²) in [6.45, 7) is 3.20. The van der Waals surface area contributed by atoms with Crippen molar-refractivity contribution in [2.45, 2.75) is 32.4 Å². The van der Waals surface area contributed by atoms with Gasteiger partial charge in [-0.15, -0.1) is 0 Å². The molecule has 1 N–H and O–H groups in total. The number of benzene rings is 2. The van der Waals surface area contributed by atoms with Crippen LogP contribution >= 0.6 is 0 Å². The minimum Gasteiger partial charge on any atom is -0.493 e. The van der Waals surface area contributed by atoms with Crippen molar-refractivity contribution in [1.29, 1.82) is 0 Å². The Hall–Kier alpha value is -3.52. The standard InChI is InChI=1S/C26H30N2O6/c1-16-7-8-21-17(10-16)11-19(25(29)27-21)14-28(15-20-6-5-9-34-20)26(30)18-12-22(31-2)24(33-4)23(13-18)32-3/h7-8,10-13,20H,5-6,9,14-15H2,1-4H3,(H,27,29)/t20-/m1/s1. The summed E-state index contributed by atoms with van der Waals surface area (Å²) >= 11 is 0. The Morgan fingerprint density at radius 3 is 2.44 bits per heavy atom. The fraction of sp³-hybridized carbons (Fsp3) is 0.385. The molecule has 34 heavy (non-hydrogen) atoms. The maximum atomic E-state index is 13.7. The van der Waals surface area contributed by atoms with Crippen molar-refractivity contribution in [3.63, 3.8) is 0 Å². The first-order valence-electron chi connectivity index (χ1n) is 11.3. The highest BCUT2D eigenvalue weighted by Crippen LogP contribution is 2.38. The smallest absolute Gasteiger partial charge is 0.254 e. The molecular formula is C26H30N2O6. The molecule has 8 heteroatoms. The maximum absolute atomic E-state index is 13.7. The highest BCUT2D eigenvalue weighted by atomic mass is 16.5. The van der Waals surface area contributed by atoms with Crippen LogP contribution in [0.3, 0.4) is 0 Å². The minimum atomic E-state index is -0.251. The molecule has 2 heterocycles. The first kappa shape index (κ1) is 23.6. The Morgan fingerprint density at radius 1 is 1.09 bits per heavy atom. The van der Waals surface area contributed by atoms with Crippen LogP contribution in [-0.4, -0.2) is 56.4 Å². The van der Waals surface area contributed by atoms with Gasteiger partial charge in [0.05, 0.1) is 34.0 Å². The number of ether oxygens (including phenoxy) is 4. The number of nitrogens with one attached hydrogen (secondary N) is 1. The molecule has 1 saturated heterocycles. The van der Waals surface area contributed by atoms with Gasteiger partial charge in [0.25, 0.3) is 11.5 Å². The summed E-state index contributed by atoms with van der Waals surface area (Å²) in [7, 11) is 4.53. The number of aromatic amines is 1. The zero-order chi connectivity index (χ0) is 24.2. The number of H-pyrrole nitrogens is 1. The summed E-state index contributed by atoms with van der Waals surface area (Å²) in [6.07, 6.45) is 1.74. The number of carbonyl (C=O) groups is 1. The van der Waals surface area contributed by atoms with Crippen molar-refractivity contribution in [3.8, 4) is 17.2 Å². The van der Waals surface area contributed by atoms with Crippen molar-refractivity contribution in [1.82, 2.24) is 9.88 Å². The molecule has 0 saturated carbocycles. The largest absolute Gasteiger partial charge is 0.493 e. The molecule has 1 aliphatic heterocycles. The fourth-order valence-electron chi connectivity index (χ4n) is 4.33. The second-order valence-corrected chi connectivity index (χ2v) is 8.45. The van der Waals surface area contributed by atoms with Gasteiger partial charge in [-0.25, -0.2) is 0 Å². The van der Waals surface area contributed by atoms with Crippen LogP contribution in [0.15, 0.2) is 41.2 Å².